The third-order valence-corrected chi connectivity index (χ3v) is 17.2. The summed E-state index contributed by atoms with van der Waals surface area (Å²) in [6.07, 6.45) is 88.0. The standard InChI is InChI=1S/C73H139N2O6P/c1-6-8-10-12-14-16-18-20-22-24-26-28-30-32-33-34-35-36-37-38-39-40-41-43-45-47-49-51-53-55-57-59-61-63-65-67-73(77)74-71(70-81-82(78,79)80-69-68-75(3,4)5)72(76)66-64-62-60-58-56-54-52-50-48-46-44-42-31-29-27-25-23-21-19-17-15-13-11-9-7-2/h8,10,14,16,20,22,26,28,64,66,71-72,76H,6-7,9,11-13,15,17-19,21,23-25,27,29-63,65,67-70H2,1-5H3,(H-,74,77,78,79)/p+1/b10-8-,16-14-,22-20-,28-26-,66-64+. The molecule has 0 aliphatic heterocycles. The largest absolute Gasteiger partial charge is 0.472 e. The summed E-state index contributed by atoms with van der Waals surface area (Å²) in [5, 5.41) is 14.0. The minimum Gasteiger partial charge on any atom is -0.387 e. The minimum atomic E-state index is -4.35. The van der Waals surface area contributed by atoms with Crippen LogP contribution in [0, 0.1) is 0 Å². The molecule has 82 heavy (non-hydrogen) atoms. The van der Waals surface area contributed by atoms with Gasteiger partial charge in [-0.25, -0.2) is 4.57 Å². The second kappa shape index (κ2) is 63.7. The van der Waals surface area contributed by atoms with Crippen LogP contribution in [-0.2, 0) is 18.4 Å². The van der Waals surface area contributed by atoms with Crippen LogP contribution in [0.15, 0.2) is 60.8 Å². The predicted octanol–water partition coefficient (Wildman–Crippen LogP) is 22.8. The summed E-state index contributed by atoms with van der Waals surface area (Å²) in [6.45, 7) is 4.75. The molecule has 8 nitrogen and oxygen atoms in total. The molecule has 0 spiro atoms. The predicted molar refractivity (Wildman–Crippen MR) is 360 cm³/mol. The van der Waals surface area contributed by atoms with Crippen LogP contribution in [0.1, 0.15) is 348 Å². The highest BCUT2D eigenvalue weighted by atomic mass is 31.2. The molecule has 0 aliphatic carbocycles. The van der Waals surface area contributed by atoms with Gasteiger partial charge in [0.15, 0.2) is 0 Å². The van der Waals surface area contributed by atoms with E-state index in [9.17, 15) is 19.4 Å². The lowest BCUT2D eigenvalue weighted by molar-refractivity contribution is -0.870. The number of unbranched alkanes of at least 4 members (excludes halogenated alkanes) is 45. The van der Waals surface area contributed by atoms with Crippen LogP contribution in [0.3, 0.4) is 0 Å². The molecule has 0 rings (SSSR count). The molecule has 0 aromatic carbocycles. The third kappa shape index (κ3) is 65.7. The average molecular weight is 1170 g/mol. The molecule has 0 aromatic heterocycles. The highest BCUT2D eigenvalue weighted by molar-refractivity contribution is 7.47. The molecule has 3 atom stereocenters. The lowest BCUT2D eigenvalue weighted by atomic mass is 10.0. The van der Waals surface area contributed by atoms with Gasteiger partial charge in [-0.05, 0) is 57.8 Å². The Hall–Kier alpha value is -1.80. The fraction of sp³-hybridized carbons (Fsp3) is 0.849. The number of carbonyl (C=O) groups excluding carboxylic acids is 1. The number of phosphoric acid groups is 1. The average Bonchev–Trinajstić information content (AvgIpc) is 3.45. The van der Waals surface area contributed by atoms with Gasteiger partial charge in [0.25, 0.3) is 0 Å². The molecular weight excluding hydrogens is 1030 g/mol. The molecule has 0 heterocycles. The molecule has 3 N–H and O–H groups in total. The summed E-state index contributed by atoms with van der Waals surface area (Å²) in [4.78, 5) is 23.4. The number of nitrogens with zero attached hydrogens (tertiary/aromatic N) is 1. The Kier molecular flexibility index (Phi) is 62.3. The Bertz CT molecular complexity index is 1520. The van der Waals surface area contributed by atoms with Crippen molar-refractivity contribution in [2.24, 2.45) is 0 Å². The van der Waals surface area contributed by atoms with Crippen molar-refractivity contribution in [3.63, 3.8) is 0 Å². The van der Waals surface area contributed by atoms with Crippen molar-refractivity contribution < 1.29 is 32.9 Å². The van der Waals surface area contributed by atoms with Crippen molar-refractivity contribution in [3.05, 3.63) is 60.8 Å². The van der Waals surface area contributed by atoms with Gasteiger partial charge < -0.3 is 19.8 Å². The number of likely N-dealkylation sites (N-methyl/N-ethyl adjacent to an activating group) is 1. The van der Waals surface area contributed by atoms with E-state index in [1.54, 1.807) is 6.08 Å². The zero-order valence-electron chi connectivity index (χ0n) is 55.2. The molecule has 0 fully saturated rings. The number of phosphoric ester groups is 1. The summed E-state index contributed by atoms with van der Waals surface area (Å²) >= 11 is 0. The number of hydrogen-bond acceptors (Lipinski definition) is 5. The summed E-state index contributed by atoms with van der Waals surface area (Å²) in [6, 6.07) is -0.848. The number of hydrogen-bond donors (Lipinski definition) is 3. The van der Waals surface area contributed by atoms with Gasteiger partial charge in [-0.15, -0.1) is 0 Å². The Balaban J connectivity index is 4.01. The fourth-order valence-corrected chi connectivity index (χ4v) is 11.5. The van der Waals surface area contributed by atoms with Crippen molar-refractivity contribution >= 4 is 13.7 Å². The smallest absolute Gasteiger partial charge is 0.387 e. The highest BCUT2D eigenvalue weighted by Crippen LogP contribution is 2.43. The molecule has 3 unspecified atom stereocenters. The lowest BCUT2D eigenvalue weighted by Crippen LogP contribution is -2.45. The van der Waals surface area contributed by atoms with Gasteiger partial charge in [0.05, 0.1) is 39.9 Å². The van der Waals surface area contributed by atoms with E-state index in [-0.39, 0.29) is 19.1 Å². The van der Waals surface area contributed by atoms with Crippen LogP contribution in [0.2, 0.25) is 0 Å². The zero-order valence-corrected chi connectivity index (χ0v) is 56.1. The van der Waals surface area contributed by atoms with E-state index in [1.807, 2.05) is 27.2 Å². The number of quaternary nitrogens is 1. The van der Waals surface area contributed by atoms with Crippen LogP contribution >= 0.6 is 7.82 Å². The van der Waals surface area contributed by atoms with Crippen LogP contribution in [0.25, 0.3) is 0 Å². The molecular formula is C73H140N2O6P+. The molecule has 482 valence electrons. The molecule has 0 saturated heterocycles. The quantitative estimate of drug-likeness (QED) is 0.0243. The van der Waals surface area contributed by atoms with Gasteiger partial charge in [-0.1, -0.05) is 344 Å². The number of nitrogens with one attached hydrogen (secondary N) is 1. The highest BCUT2D eigenvalue weighted by Gasteiger charge is 2.28. The summed E-state index contributed by atoms with van der Waals surface area (Å²) < 4.78 is 23.8. The minimum absolute atomic E-state index is 0.0627. The number of allylic oxidation sites excluding steroid dienone is 9. The molecule has 0 aromatic rings. The van der Waals surface area contributed by atoms with Crippen LogP contribution in [0.4, 0.5) is 0 Å². The first-order valence-electron chi connectivity index (χ1n) is 35.7. The normalized spacial score (nSPS) is 14.0. The fourth-order valence-electron chi connectivity index (χ4n) is 10.7. The summed E-state index contributed by atoms with van der Waals surface area (Å²) in [7, 11) is 1.59. The maximum Gasteiger partial charge on any atom is 0.472 e. The number of amides is 1. The molecule has 0 radical (unpaired) electrons. The molecule has 1 amide bonds. The van der Waals surface area contributed by atoms with Crippen LogP contribution < -0.4 is 5.32 Å². The van der Waals surface area contributed by atoms with E-state index in [0.29, 0.717) is 17.4 Å². The van der Waals surface area contributed by atoms with E-state index in [0.717, 1.165) is 64.2 Å². The molecule has 0 bridgehead atoms. The number of aliphatic hydroxyl groups is 1. The Morgan fingerprint density at radius 1 is 0.427 bits per heavy atom. The van der Waals surface area contributed by atoms with E-state index in [1.165, 1.54) is 263 Å². The number of rotatable bonds is 66. The first-order valence-corrected chi connectivity index (χ1v) is 37.2. The van der Waals surface area contributed by atoms with Crippen molar-refractivity contribution in [2.75, 3.05) is 40.9 Å². The maximum absolute atomic E-state index is 13.1. The third-order valence-electron chi connectivity index (χ3n) is 16.2. The van der Waals surface area contributed by atoms with Gasteiger partial charge in [0.2, 0.25) is 5.91 Å². The van der Waals surface area contributed by atoms with E-state index in [4.69, 9.17) is 9.05 Å². The zero-order chi connectivity index (χ0) is 59.8. The summed E-state index contributed by atoms with van der Waals surface area (Å²) in [5.74, 6) is -0.170. The number of aliphatic hydroxyl groups excluding tert-OH is 1. The van der Waals surface area contributed by atoms with Crippen LogP contribution in [0.5, 0.6) is 0 Å². The topological polar surface area (TPSA) is 105 Å². The van der Waals surface area contributed by atoms with Gasteiger partial charge in [-0.3, -0.25) is 13.8 Å². The monoisotopic (exact) mass is 1170 g/mol. The van der Waals surface area contributed by atoms with Crippen molar-refractivity contribution in [2.45, 2.75) is 360 Å². The van der Waals surface area contributed by atoms with Gasteiger partial charge in [-0.2, -0.15) is 0 Å². The van der Waals surface area contributed by atoms with Gasteiger partial charge in [0, 0.05) is 6.42 Å². The van der Waals surface area contributed by atoms with Crippen molar-refractivity contribution in [1.29, 1.82) is 0 Å². The number of carbonyl (C=O) groups is 1. The van der Waals surface area contributed by atoms with Gasteiger partial charge in [0.1, 0.15) is 13.2 Å². The summed E-state index contributed by atoms with van der Waals surface area (Å²) in [5.41, 5.74) is 0. The Morgan fingerprint density at radius 2 is 0.732 bits per heavy atom. The van der Waals surface area contributed by atoms with Gasteiger partial charge >= 0.3 is 7.82 Å². The molecule has 0 saturated carbocycles. The Morgan fingerprint density at radius 3 is 1.07 bits per heavy atom. The van der Waals surface area contributed by atoms with Crippen molar-refractivity contribution in [3.8, 4) is 0 Å². The first kappa shape index (κ1) is 80.2. The van der Waals surface area contributed by atoms with Crippen LogP contribution in [-0.4, -0.2) is 73.4 Å². The van der Waals surface area contributed by atoms with E-state index >= 15 is 0 Å². The second-order valence-electron chi connectivity index (χ2n) is 25.6. The molecule has 0 aliphatic rings. The maximum atomic E-state index is 13.1. The first-order chi connectivity index (χ1) is 40.0. The lowest BCUT2D eigenvalue weighted by Gasteiger charge is -2.25. The van der Waals surface area contributed by atoms with Crippen molar-refractivity contribution in [1.82, 2.24) is 5.32 Å². The van der Waals surface area contributed by atoms with E-state index < -0.39 is 20.0 Å². The molecule has 9 heteroatoms. The Labute approximate surface area is 511 Å². The second-order valence-corrected chi connectivity index (χ2v) is 27.0. The van der Waals surface area contributed by atoms with E-state index in [2.05, 4.69) is 67.8 Å². The SMILES string of the molecule is CC/C=C\C/C=C\C/C=C\C/C=C\CCCCCCCCCCCCCCCCCCCCCCCCC(=O)NC(COP(=O)(O)OCC[N+](C)(C)C)C(O)/C=C/CCCCCCCCCCCCCCCCCCCCCCCCC.